The van der Waals surface area contributed by atoms with Crippen LogP contribution in [-0.4, -0.2) is 21.0 Å². The third-order valence-corrected chi connectivity index (χ3v) is 2.74. The van der Waals surface area contributed by atoms with E-state index in [2.05, 4.69) is 15.3 Å². The summed E-state index contributed by atoms with van der Waals surface area (Å²) in [5, 5.41) is 11.7. The fourth-order valence-electron chi connectivity index (χ4n) is 1.70. The van der Waals surface area contributed by atoms with E-state index < -0.39 is 17.3 Å². The smallest absolute Gasteiger partial charge is 0.280 e. The Hall–Kier alpha value is -2.90. The number of hydrogen-bond donors (Lipinski definition) is 4. The summed E-state index contributed by atoms with van der Waals surface area (Å²) in [5.41, 5.74) is 4.92. The fraction of sp³-hybridized carbons (Fsp3) is 0.154. The number of nitrogens with zero attached hydrogens (tertiary/aromatic N) is 1. The van der Waals surface area contributed by atoms with Gasteiger partial charge >= 0.3 is 0 Å². The molecule has 0 fully saturated rings. The molecule has 1 amide bonds. The number of nitrogens with two attached hydrogens (primary N) is 1. The number of carbonyl (C=O) groups excluding carboxylic acids is 1. The Morgan fingerprint density at radius 2 is 2.05 bits per heavy atom. The van der Waals surface area contributed by atoms with E-state index in [-0.39, 0.29) is 23.9 Å². The molecule has 8 heteroatoms. The average molecular weight is 292 g/mol. The molecule has 0 unspecified atom stereocenters. The van der Waals surface area contributed by atoms with Crippen molar-refractivity contribution in [1.29, 1.82) is 0 Å². The molecule has 110 valence electrons. The van der Waals surface area contributed by atoms with Crippen molar-refractivity contribution in [1.82, 2.24) is 9.97 Å². The number of hydrogen-bond acceptors (Lipinski definition) is 5. The number of amides is 1. The fourth-order valence-corrected chi connectivity index (χ4v) is 1.70. The van der Waals surface area contributed by atoms with Gasteiger partial charge in [0.05, 0.1) is 0 Å². The number of benzene rings is 1. The Morgan fingerprint density at radius 1 is 1.38 bits per heavy atom. The molecule has 0 spiro atoms. The number of aryl methyl sites for hydroxylation is 1. The molecule has 21 heavy (non-hydrogen) atoms. The van der Waals surface area contributed by atoms with E-state index in [1.807, 2.05) is 0 Å². The van der Waals surface area contributed by atoms with Gasteiger partial charge in [0, 0.05) is 6.42 Å². The summed E-state index contributed by atoms with van der Waals surface area (Å²) in [7, 11) is 0. The zero-order valence-electron chi connectivity index (χ0n) is 10.9. The summed E-state index contributed by atoms with van der Waals surface area (Å²) >= 11 is 0. The first kappa shape index (κ1) is 14.5. The Balaban J connectivity index is 1.99. The van der Waals surface area contributed by atoms with Crippen molar-refractivity contribution >= 4 is 17.5 Å². The van der Waals surface area contributed by atoms with Gasteiger partial charge in [-0.1, -0.05) is 12.1 Å². The quantitative estimate of drug-likeness (QED) is 0.663. The minimum absolute atomic E-state index is 0.0644. The van der Waals surface area contributed by atoms with Crippen molar-refractivity contribution in [2.45, 2.75) is 12.8 Å². The molecule has 0 aliphatic rings. The minimum Gasteiger partial charge on any atom is -0.492 e. The summed E-state index contributed by atoms with van der Waals surface area (Å²) in [6, 6.07) is 5.73. The Morgan fingerprint density at radius 3 is 2.67 bits per heavy atom. The maximum absolute atomic E-state index is 12.7. The number of anilines is 2. The van der Waals surface area contributed by atoms with Crippen molar-refractivity contribution in [2.24, 2.45) is 0 Å². The number of nitrogen functional groups attached to an aromatic ring is 1. The summed E-state index contributed by atoms with van der Waals surface area (Å²) in [4.78, 5) is 28.8. The largest absolute Gasteiger partial charge is 0.492 e. The number of aromatic amines is 1. The van der Waals surface area contributed by atoms with Crippen LogP contribution in [-0.2, 0) is 11.2 Å². The third-order valence-electron chi connectivity index (χ3n) is 2.74. The topological polar surface area (TPSA) is 121 Å². The maximum atomic E-state index is 12.7. The van der Waals surface area contributed by atoms with Crippen molar-refractivity contribution in [3.63, 3.8) is 0 Å². The molecule has 0 bridgehead atoms. The normalized spacial score (nSPS) is 10.3. The SMILES string of the molecule is Nc1nc(O)c(NC(=O)CCc2ccc(F)cc2)c(=O)[nH]1. The molecule has 1 heterocycles. The van der Waals surface area contributed by atoms with Gasteiger partial charge in [0.2, 0.25) is 17.7 Å². The molecule has 1 aromatic heterocycles. The van der Waals surface area contributed by atoms with Gasteiger partial charge in [0.1, 0.15) is 5.82 Å². The highest BCUT2D eigenvalue weighted by atomic mass is 19.1. The lowest BCUT2D eigenvalue weighted by Gasteiger charge is -2.06. The number of H-pyrrole nitrogens is 1. The highest BCUT2D eigenvalue weighted by Crippen LogP contribution is 2.15. The minimum atomic E-state index is -0.741. The van der Waals surface area contributed by atoms with Crippen LogP contribution >= 0.6 is 0 Å². The van der Waals surface area contributed by atoms with E-state index in [0.717, 1.165) is 5.56 Å². The van der Waals surface area contributed by atoms with E-state index in [1.54, 1.807) is 12.1 Å². The molecular formula is C13H13FN4O3. The third kappa shape index (κ3) is 3.78. The van der Waals surface area contributed by atoms with Gasteiger partial charge in [-0.15, -0.1) is 0 Å². The van der Waals surface area contributed by atoms with E-state index in [4.69, 9.17) is 5.73 Å². The summed E-state index contributed by atoms with van der Waals surface area (Å²) in [6.07, 6.45) is 0.433. The van der Waals surface area contributed by atoms with E-state index >= 15 is 0 Å². The highest BCUT2D eigenvalue weighted by molar-refractivity contribution is 5.91. The van der Waals surface area contributed by atoms with Gasteiger partial charge in [0.25, 0.3) is 5.56 Å². The predicted octanol–water partition coefficient (Wildman–Crippen LogP) is 0.768. The molecule has 0 radical (unpaired) electrons. The van der Waals surface area contributed by atoms with Crippen LogP contribution in [0.1, 0.15) is 12.0 Å². The molecule has 5 N–H and O–H groups in total. The number of rotatable bonds is 4. The first-order valence-electron chi connectivity index (χ1n) is 6.09. The molecule has 0 atom stereocenters. The number of aromatic hydroxyl groups is 1. The molecule has 1 aromatic carbocycles. The molecule has 2 aromatic rings. The lowest BCUT2D eigenvalue weighted by atomic mass is 10.1. The Labute approximate surface area is 118 Å². The number of carbonyl (C=O) groups is 1. The van der Waals surface area contributed by atoms with Crippen molar-refractivity contribution < 1.29 is 14.3 Å². The van der Waals surface area contributed by atoms with Crippen LogP contribution in [0.5, 0.6) is 5.88 Å². The zero-order chi connectivity index (χ0) is 15.4. The van der Waals surface area contributed by atoms with Crippen molar-refractivity contribution in [3.05, 3.63) is 46.0 Å². The van der Waals surface area contributed by atoms with Crippen LogP contribution in [0.2, 0.25) is 0 Å². The standard InChI is InChI=1S/C13H13FN4O3/c14-8-4-1-7(2-5-8)3-6-9(19)16-10-11(20)17-13(15)18-12(10)21/h1-2,4-5H,3,6H2,(H,16,19)(H4,15,17,18,20,21). The van der Waals surface area contributed by atoms with Crippen LogP contribution in [0, 0.1) is 5.82 Å². The average Bonchev–Trinajstić information content (AvgIpc) is 2.42. The molecule has 0 aliphatic carbocycles. The Bertz CT molecular complexity index is 712. The van der Waals surface area contributed by atoms with E-state index in [9.17, 15) is 19.1 Å². The molecule has 2 rings (SSSR count). The molecule has 7 nitrogen and oxygen atoms in total. The van der Waals surface area contributed by atoms with Gasteiger partial charge in [-0.05, 0) is 24.1 Å². The van der Waals surface area contributed by atoms with Crippen LogP contribution in [0.15, 0.2) is 29.1 Å². The van der Waals surface area contributed by atoms with Gasteiger partial charge in [-0.3, -0.25) is 14.6 Å². The molecular weight excluding hydrogens is 279 g/mol. The first-order valence-corrected chi connectivity index (χ1v) is 6.09. The second-order valence-corrected chi connectivity index (χ2v) is 4.32. The Kier molecular flexibility index (Phi) is 4.17. The van der Waals surface area contributed by atoms with Gasteiger partial charge in [-0.25, -0.2) is 4.39 Å². The number of halogens is 1. The zero-order valence-corrected chi connectivity index (χ0v) is 10.9. The van der Waals surface area contributed by atoms with E-state index in [0.29, 0.717) is 6.42 Å². The number of aromatic nitrogens is 2. The lowest BCUT2D eigenvalue weighted by molar-refractivity contribution is -0.116. The van der Waals surface area contributed by atoms with Gasteiger partial charge in [0.15, 0.2) is 5.69 Å². The van der Waals surface area contributed by atoms with Crippen molar-refractivity contribution in [2.75, 3.05) is 11.1 Å². The van der Waals surface area contributed by atoms with Gasteiger partial charge in [-0.2, -0.15) is 4.98 Å². The lowest BCUT2D eigenvalue weighted by Crippen LogP contribution is -2.21. The summed E-state index contributed by atoms with van der Waals surface area (Å²) < 4.78 is 12.7. The number of nitrogens with one attached hydrogen (secondary N) is 2. The second kappa shape index (κ2) is 6.04. The summed E-state index contributed by atoms with van der Waals surface area (Å²) in [5.74, 6) is -1.73. The molecule has 0 aliphatic heterocycles. The molecule has 0 saturated heterocycles. The van der Waals surface area contributed by atoms with Crippen molar-refractivity contribution in [3.8, 4) is 5.88 Å². The van der Waals surface area contributed by atoms with Gasteiger partial charge < -0.3 is 16.2 Å². The first-order chi connectivity index (χ1) is 9.95. The highest BCUT2D eigenvalue weighted by Gasteiger charge is 2.13. The maximum Gasteiger partial charge on any atom is 0.280 e. The summed E-state index contributed by atoms with van der Waals surface area (Å²) in [6.45, 7) is 0. The molecule has 0 saturated carbocycles. The second-order valence-electron chi connectivity index (χ2n) is 4.32. The van der Waals surface area contributed by atoms with Crippen LogP contribution in [0.25, 0.3) is 0 Å². The van der Waals surface area contributed by atoms with Crippen LogP contribution < -0.4 is 16.6 Å². The van der Waals surface area contributed by atoms with Crippen LogP contribution in [0.3, 0.4) is 0 Å². The monoisotopic (exact) mass is 292 g/mol. The predicted molar refractivity (Wildman–Crippen MR) is 74.3 cm³/mol. The van der Waals surface area contributed by atoms with E-state index in [1.165, 1.54) is 12.1 Å². The van der Waals surface area contributed by atoms with Crippen LogP contribution in [0.4, 0.5) is 16.0 Å².